The molecule has 19 heavy (non-hydrogen) atoms. The van der Waals surface area contributed by atoms with Crippen LogP contribution in [0.4, 0.5) is 5.69 Å². The Labute approximate surface area is 114 Å². The van der Waals surface area contributed by atoms with Crippen molar-refractivity contribution < 1.29 is 9.59 Å². The van der Waals surface area contributed by atoms with Gasteiger partial charge in [0, 0.05) is 17.3 Å². The predicted octanol–water partition coefficient (Wildman–Crippen LogP) is 3.14. The number of pyridine rings is 1. The summed E-state index contributed by atoms with van der Waals surface area (Å²) in [5, 5.41) is 2.89. The smallest absolute Gasteiger partial charge is 0.229 e. The summed E-state index contributed by atoms with van der Waals surface area (Å²) in [6.45, 7) is 9.48. The quantitative estimate of drug-likeness (QED) is 0.848. The fraction of sp³-hybridized carbons (Fsp3) is 0.533. The molecule has 1 amide bonds. The average molecular weight is 262 g/mol. The molecule has 0 atom stereocenters. The highest BCUT2D eigenvalue weighted by atomic mass is 16.2. The lowest BCUT2D eigenvalue weighted by molar-refractivity contribution is -0.123. The van der Waals surface area contributed by atoms with Crippen LogP contribution in [0, 0.1) is 12.3 Å². The first-order chi connectivity index (χ1) is 8.81. The van der Waals surface area contributed by atoms with E-state index in [0.29, 0.717) is 11.3 Å². The zero-order valence-corrected chi connectivity index (χ0v) is 12.3. The molecular formula is C15H22N2O2. The van der Waals surface area contributed by atoms with Crippen LogP contribution in [0.15, 0.2) is 6.20 Å². The molecule has 0 aliphatic carbocycles. The summed E-state index contributed by atoms with van der Waals surface area (Å²) < 4.78 is 0. The van der Waals surface area contributed by atoms with Crippen LogP contribution in [0.3, 0.4) is 0 Å². The zero-order chi connectivity index (χ0) is 14.6. The van der Waals surface area contributed by atoms with Gasteiger partial charge in [-0.25, -0.2) is 0 Å². The number of carbonyl (C=O) groups excluding carboxylic acids is 2. The Bertz CT molecular complexity index is 488. The molecule has 1 rings (SSSR count). The molecule has 0 fully saturated rings. The molecule has 0 aliphatic heterocycles. The molecule has 0 spiro atoms. The van der Waals surface area contributed by atoms with E-state index >= 15 is 0 Å². The third-order valence-electron chi connectivity index (χ3n) is 2.97. The maximum atomic E-state index is 12.1. The number of anilines is 1. The van der Waals surface area contributed by atoms with Crippen LogP contribution in [-0.2, 0) is 11.2 Å². The Kier molecular flexibility index (Phi) is 4.81. The normalized spacial score (nSPS) is 11.2. The van der Waals surface area contributed by atoms with Crippen LogP contribution < -0.4 is 5.32 Å². The fourth-order valence-electron chi connectivity index (χ4n) is 1.76. The minimum atomic E-state index is -0.499. The van der Waals surface area contributed by atoms with E-state index in [2.05, 4.69) is 17.2 Å². The van der Waals surface area contributed by atoms with E-state index in [9.17, 15) is 9.59 Å². The molecule has 4 nitrogen and oxygen atoms in total. The van der Waals surface area contributed by atoms with Crippen LogP contribution in [0.25, 0.3) is 0 Å². The van der Waals surface area contributed by atoms with Crippen molar-refractivity contribution in [3.05, 3.63) is 23.0 Å². The van der Waals surface area contributed by atoms with Crippen molar-refractivity contribution in [1.82, 2.24) is 4.98 Å². The Hall–Kier alpha value is -1.71. The highest BCUT2D eigenvalue weighted by molar-refractivity contribution is 5.99. The molecule has 0 radical (unpaired) electrons. The topological polar surface area (TPSA) is 59.1 Å². The Morgan fingerprint density at radius 1 is 1.42 bits per heavy atom. The SMILES string of the molecule is CCCc1c(C)ncc(C=O)c1NC(=O)C(C)(C)C. The molecule has 104 valence electrons. The van der Waals surface area contributed by atoms with Crippen molar-refractivity contribution in [3.8, 4) is 0 Å². The molecule has 0 unspecified atom stereocenters. The summed E-state index contributed by atoms with van der Waals surface area (Å²) in [6, 6.07) is 0. The van der Waals surface area contributed by atoms with Gasteiger partial charge >= 0.3 is 0 Å². The number of nitrogens with zero attached hydrogens (tertiary/aromatic N) is 1. The minimum Gasteiger partial charge on any atom is -0.325 e. The van der Waals surface area contributed by atoms with E-state index in [1.807, 2.05) is 27.7 Å². The van der Waals surface area contributed by atoms with Gasteiger partial charge < -0.3 is 5.32 Å². The Morgan fingerprint density at radius 3 is 2.53 bits per heavy atom. The van der Waals surface area contributed by atoms with Gasteiger partial charge in [-0.2, -0.15) is 0 Å². The number of aldehydes is 1. The molecule has 0 saturated heterocycles. The zero-order valence-electron chi connectivity index (χ0n) is 12.3. The molecule has 1 N–H and O–H groups in total. The lowest BCUT2D eigenvalue weighted by Gasteiger charge is -2.21. The van der Waals surface area contributed by atoms with Gasteiger partial charge in [0.25, 0.3) is 0 Å². The van der Waals surface area contributed by atoms with Crippen LogP contribution in [0.5, 0.6) is 0 Å². The highest BCUT2D eigenvalue weighted by Crippen LogP contribution is 2.26. The van der Waals surface area contributed by atoms with Gasteiger partial charge in [0.2, 0.25) is 5.91 Å². The van der Waals surface area contributed by atoms with Crippen LogP contribution >= 0.6 is 0 Å². The number of aryl methyl sites for hydroxylation is 1. The number of rotatable bonds is 4. The molecular weight excluding hydrogens is 240 g/mol. The number of nitrogens with one attached hydrogen (secondary N) is 1. The summed E-state index contributed by atoms with van der Waals surface area (Å²) >= 11 is 0. The van der Waals surface area contributed by atoms with Crippen molar-refractivity contribution in [1.29, 1.82) is 0 Å². The third-order valence-corrected chi connectivity index (χ3v) is 2.97. The Balaban J connectivity index is 3.26. The molecule has 4 heteroatoms. The van der Waals surface area contributed by atoms with E-state index in [1.54, 1.807) is 0 Å². The minimum absolute atomic E-state index is 0.0986. The number of hydrogen-bond acceptors (Lipinski definition) is 3. The van der Waals surface area contributed by atoms with E-state index in [4.69, 9.17) is 0 Å². The maximum absolute atomic E-state index is 12.1. The molecule has 0 aliphatic rings. The monoisotopic (exact) mass is 262 g/mol. The van der Waals surface area contributed by atoms with Gasteiger partial charge in [-0.15, -0.1) is 0 Å². The third kappa shape index (κ3) is 3.63. The fourth-order valence-corrected chi connectivity index (χ4v) is 1.76. The van der Waals surface area contributed by atoms with Crippen molar-refractivity contribution in [2.45, 2.75) is 47.5 Å². The molecule has 1 heterocycles. The maximum Gasteiger partial charge on any atom is 0.229 e. The van der Waals surface area contributed by atoms with E-state index < -0.39 is 5.41 Å². The van der Waals surface area contributed by atoms with Crippen molar-refractivity contribution in [2.24, 2.45) is 5.41 Å². The number of carbonyl (C=O) groups is 2. The average Bonchev–Trinajstić information content (AvgIpc) is 2.32. The standard InChI is InChI=1S/C15H22N2O2/c1-6-7-12-10(2)16-8-11(9-18)13(12)17-14(19)15(3,4)5/h8-9H,6-7H2,1-5H3,(H,16,17,19). The predicted molar refractivity (Wildman–Crippen MR) is 76.4 cm³/mol. The number of amides is 1. The van der Waals surface area contributed by atoms with Gasteiger partial charge in [0.1, 0.15) is 0 Å². The summed E-state index contributed by atoms with van der Waals surface area (Å²) in [4.78, 5) is 27.5. The van der Waals surface area contributed by atoms with Gasteiger partial charge in [0.05, 0.1) is 11.3 Å². The second kappa shape index (κ2) is 5.95. The van der Waals surface area contributed by atoms with Crippen molar-refractivity contribution in [2.75, 3.05) is 5.32 Å². The Morgan fingerprint density at radius 2 is 2.05 bits per heavy atom. The summed E-state index contributed by atoms with van der Waals surface area (Å²) in [5.41, 5.74) is 2.36. The molecule has 1 aromatic heterocycles. The van der Waals surface area contributed by atoms with Crippen molar-refractivity contribution in [3.63, 3.8) is 0 Å². The van der Waals surface area contributed by atoms with Gasteiger partial charge in [-0.05, 0) is 18.9 Å². The second-order valence-corrected chi connectivity index (χ2v) is 5.72. The first-order valence-electron chi connectivity index (χ1n) is 6.56. The van der Waals surface area contributed by atoms with Gasteiger partial charge in [0.15, 0.2) is 6.29 Å². The molecule has 0 saturated carbocycles. The van der Waals surface area contributed by atoms with E-state index in [0.717, 1.165) is 30.4 Å². The number of hydrogen-bond donors (Lipinski definition) is 1. The van der Waals surface area contributed by atoms with Crippen LogP contribution in [0.1, 0.15) is 55.7 Å². The molecule has 1 aromatic rings. The summed E-state index contributed by atoms with van der Waals surface area (Å²) in [6.07, 6.45) is 3.98. The van der Waals surface area contributed by atoms with Crippen molar-refractivity contribution >= 4 is 17.9 Å². The van der Waals surface area contributed by atoms with E-state index in [1.165, 1.54) is 6.20 Å². The first kappa shape index (κ1) is 15.3. The highest BCUT2D eigenvalue weighted by Gasteiger charge is 2.23. The van der Waals surface area contributed by atoms with Gasteiger partial charge in [-0.3, -0.25) is 14.6 Å². The second-order valence-electron chi connectivity index (χ2n) is 5.72. The number of aromatic nitrogens is 1. The lowest BCUT2D eigenvalue weighted by Crippen LogP contribution is -2.29. The van der Waals surface area contributed by atoms with Gasteiger partial charge in [-0.1, -0.05) is 34.1 Å². The van der Waals surface area contributed by atoms with Crippen LogP contribution in [-0.4, -0.2) is 17.2 Å². The van der Waals surface area contributed by atoms with E-state index in [-0.39, 0.29) is 5.91 Å². The summed E-state index contributed by atoms with van der Waals surface area (Å²) in [7, 11) is 0. The van der Waals surface area contributed by atoms with Crippen LogP contribution in [0.2, 0.25) is 0 Å². The largest absolute Gasteiger partial charge is 0.325 e. The lowest BCUT2D eigenvalue weighted by atomic mass is 9.94. The summed E-state index contributed by atoms with van der Waals surface area (Å²) in [5.74, 6) is -0.0986. The molecule has 0 aromatic carbocycles. The first-order valence-corrected chi connectivity index (χ1v) is 6.56. The molecule has 0 bridgehead atoms.